The van der Waals surface area contributed by atoms with Crippen molar-refractivity contribution in [2.75, 3.05) is 7.11 Å². The minimum absolute atomic E-state index is 0.637. The molecule has 21 heavy (non-hydrogen) atoms. The molecular weight excluding hydrogens is 262 g/mol. The fourth-order valence-electron chi connectivity index (χ4n) is 3.37. The zero-order valence-corrected chi connectivity index (χ0v) is 13.1. The fraction of sp³-hybridized carbons (Fsp3) is 0.611. The second-order valence-electron chi connectivity index (χ2n) is 6.17. The van der Waals surface area contributed by atoms with Crippen LogP contribution >= 0.6 is 0 Å². The summed E-state index contributed by atoms with van der Waals surface area (Å²) >= 11 is 0. The Morgan fingerprint density at radius 3 is 2.33 bits per heavy atom. The Labute approximate surface area is 127 Å². The number of rotatable bonds is 3. The van der Waals surface area contributed by atoms with Gasteiger partial charge in [-0.1, -0.05) is 38.2 Å². The summed E-state index contributed by atoms with van der Waals surface area (Å²) < 4.78 is 5.27. The molecule has 1 atom stereocenters. The van der Waals surface area contributed by atoms with E-state index in [4.69, 9.17) is 4.74 Å². The Hall–Kier alpha value is -1.53. The van der Waals surface area contributed by atoms with Crippen LogP contribution in [0, 0.1) is 23.7 Å². The number of nitrogens with zero attached hydrogens (tertiary/aromatic N) is 1. The molecule has 1 aliphatic rings. The van der Waals surface area contributed by atoms with Crippen molar-refractivity contribution >= 4 is 0 Å². The maximum absolute atomic E-state index is 10.8. The highest BCUT2D eigenvalue weighted by molar-refractivity contribution is 5.38. The minimum Gasteiger partial charge on any atom is -0.496 e. The van der Waals surface area contributed by atoms with Gasteiger partial charge in [0.25, 0.3) is 0 Å². The molecule has 114 valence electrons. The molecule has 0 aromatic heterocycles. The highest BCUT2D eigenvalue weighted by Crippen LogP contribution is 2.44. The lowest BCUT2D eigenvalue weighted by Crippen LogP contribution is -2.28. The van der Waals surface area contributed by atoms with Crippen LogP contribution in [0.5, 0.6) is 5.75 Å². The number of nitriles is 1. The smallest absolute Gasteiger partial charge is 0.121 e. The van der Waals surface area contributed by atoms with Gasteiger partial charge < -0.3 is 9.84 Å². The third kappa shape index (κ3) is 3.39. The number of methoxy groups -OCH3 is 1. The van der Waals surface area contributed by atoms with E-state index in [9.17, 15) is 10.4 Å². The summed E-state index contributed by atoms with van der Waals surface area (Å²) in [6.07, 6.45) is 6.49. The molecule has 1 aliphatic carbocycles. The van der Waals surface area contributed by atoms with Crippen molar-refractivity contribution in [3.63, 3.8) is 0 Å². The molecule has 0 spiro atoms. The SMILES string of the molecule is COc1ccc(C(O)C2(C#N)CCCCCCC2)cc1C. The van der Waals surface area contributed by atoms with Crippen LogP contribution in [0.25, 0.3) is 0 Å². The van der Waals surface area contributed by atoms with Gasteiger partial charge in [0, 0.05) is 0 Å². The Balaban J connectivity index is 2.28. The van der Waals surface area contributed by atoms with Gasteiger partial charge in [0.2, 0.25) is 0 Å². The maximum Gasteiger partial charge on any atom is 0.121 e. The van der Waals surface area contributed by atoms with Crippen molar-refractivity contribution in [3.05, 3.63) is 29.3 Å². The first-order valence-corrected chi connectivity index (χ1v) is 7.87. The van der Waals surface area contributed by atoms with E-state index in [0.29, 0.717) is 0 Å². The summed E-state index contributed by atoms with van der Waals surface area (Å²) in [5.41, 5.74) is 1.19. The summed E-state index contributed by atoms with van der Waals surface area (Å²) in [6.45, 7) is 1.96. The molecule has 3 heteroatoms. The van der Waals surface area contributed by atoms with E-state index in [-0.39, 0.29) is 0 Å². The molecule has 3 nitrogen and oxygen atoms in total. The number of hydrogen-bond donors (Lipinski definition) is 1. The van der Waals surface area contributed by atoms with E-state index in [2.05, 4.69) is 6.07 Å². The fourth-order valence-corrected chi connectivity index (χ4v) is 3.37. The van der Waals surface area contributed by atoms with Gasteiger partial charge in [-0.3, -0.25) is 0 Å². The van der Waals surface area contributed by atoms with E-state index < -0.39 is 11.5 Å². The molecule has 0 saturated heterocycles. The topological polar surface area (TPSA) is 53.2 Å². The monoisotopic (exact) mass is 287 g/mol. The number of hydrogen-bond acceptors (Lipinski definition) is 3. The summed E-state index contributed by atoms with van der Waals surface area (Å²) in [5.74, 6) is 0.814. The molecule has 1 N–H and O–H groups in total. The lowest BCUT2D eigenvalue weighted by molar-refractivity contribution is 0.0434. The predicted molar refractivity (Wildman–Crippen MR) is 83.1 cm³/mol. The average molecular weight is 287 g/mol. The molecule has 1 aromatic carbocycles. The first kappa shape index (κ1) is 15.9. The van der Waals surface area contributed by atoms with E-state index >= 15 is 0 Å². The van der Waals surface area contributed by atoms with Gasteiger partial charge in [-0.25, -0.2) is 0 Å². The van der Waals surface area contributed by atoms with Crippen LogP contribution in [-0.2, 0) is 0 Å². The van der Waals surface area contributed by atoms with Crippen LogP contribution in [0.4, 0.5) is 0 Å². The van der Waals surface area contributed by atoms with Crippen molar-refractivity contribution in [2.24, 2.45) is 5.41 Å². The molecule has 1 saturated carbocycles. The van der Waals surface area contributed by atoms with Gasteiger partial charge in [0.1, 0.15) is 5.75 Å². The molecule has 0 aliphatic heterocycles. The summed E-state index contributed by atoms with van der Waals surface area (Å²) in [5, 5.41) is 20.6. The third-order valence-electron chi connectivity index (χ3n) is 4.73. The van der Waals surface area contributed by atoms with E-state index in [1.165, 1.54) is 6.42 Å². The molecule has 0 heterocycles. The normalized spacial score (nSPS) is 19.9. The van der Waals surface area contributed by atoms with Gasteiger partial charge in [-0.15, -0.1) is 0 Å². The van der Waals surface area contributed by atoms with Crippen LogP contribution in [0.3, 0.4) is 0 Å². The minimum atomic E-state index is -0.717. The highest BCUT2D eigenvalue weighted by Gasteiger charge is 2.38. The molecule has 0 bridgehead atoms. The molecule has 1 unspecified atom stereocenters. The molecule has 0 radical (unpaired) electrons. The second kappa shape index (κ2) is 6.95. The van der Waals surface area contributed by atoms with Crippen molar-refractivity contribution in [1.29, 1.82) is 5.26 Å². The number of benzene rings is 1. The van der Waals surface area contributed by atoms with Crippen LogP contribution in [0.2, 0.25) is 0 Å². The van der Waals surface area contributed by atoms with Crippen LogP contribution < -0.4 is 4.74 Å². The third-order valence-corrected chi connectivity index (χ3v) is 4.73. The Kier molecular flexibility index (Phi) is 5.25. The number of aryl methyl sites for hydroxylation is 1. The molecule has 1 fully saturated rings. The van der Waals surface area contributed by atoms with E-state index in [0.717, 1.165) is 55.4 Å². The zero-order valence-electron chi connectivity index (χ0n) is 13.1. The van der Waals surface area contributed by atoms with Crippen LogP contribution in [-0.4, -0.2) is 12.2 Å². The lowest BCUT2D eigenvalue weighted by Gasteiger charge is -2.33. The molecular formula is C18H25NO2. The van der Waals surface area contributed by atoms with Crippen molar-refractivity contribution < 1.29 is 9.84 Å². The van der Waals surface area contributed by atoms with Gasteiger partial charge in [-0.05, 0) is 43.0 Å². The maximum atomic E-state index is 10.8. The van der Waals surface area contributed by atoms with Gasteiger partial charge in [0.05, 0.1) is 24.7 Å². The molecule has 0 amide bonds. The van der Waals surface area contributed by atoms with Gasteiger partial charge in [0.15, 0.2) is 0 Å². The molecule has 1 aromatic rings. The Morgan fingerprint density at radius 2 is 1.81 bits per heavy atom. The number of aliphatic hydroxyl groups excluding tert-OH is 1. The number of ether oxygens (including phenoxy) is 1. The average Bonchev–Trinajstić information content (AvgIpc) is 2.47. The van der Waals surface area contributed by atoms with Crippen molar-refractivity contribution in [2.45, 2.75) is 58.0 Å². The largest absolute Gasteiger partial charge is 0.496 e. The van der Waals surface area contributed by atoms with Crippen LogP contribution in [0.1, 0.15) is 62.2 Å². The Morgan fingerprint density at radius 1 is 1.19 bits per heavy atom. The first-order valence-electron chi connectivity index (χ1n) is 7.87. The Bertz CT molecular complexity index is 510. The van der Waals surface area contributed by atoms with Crippen molar-refractivity contribution in [1.82, 2.24) is 0 Å². The highest BCUT2D eigenvalue weighted by atomic mass is 16.5. The standard InChI is InChI=1S/C18H25NO2/c1-14-12-15(8-9-16(14)21-2)17(20)18(13-19)10-6-4-3-5-7-11-18/h8-9,12,17,20H,3-7,10-11H2,1-2H3. The summed E-state index contributed by atoms with van der Waals surface area (Å²) in [4.78, 5) is 0. The second-order valence-corrected chi connectivity index (χ2v) is 6.17. The number of aliphatic hydroxyl groups is 1. The van der Waals surface area contributed by atoms with Crippen molar-refractivity contribution in [3.8, 4) is 11.8 Å². The van der Waals surface area contributed by atoms with Crippen LogP contribution in [0.15, 0.2) is 18.2 Å². The quantitative estimate of drug-likeness (QED) is 0.902. The summed E-state index contributed by atoms with van der Waals surface area (Å²) in [6, 6.07) is 8.16. The van der Waals surface area contributed by atoms with Gasteiger partial charge >= 0.3 is 0 Å². The zero-order chi connectivity index (χ0) is 15.3. The predicted octanol–water partition coefficient (Wildman–Crippen LogP) is 4.29. The van der Waals surface area contributed by atoms with E-state index in [1.807, 2.05) is 25.1 Å². The lowest BCUT2D eigenvalue weighted by atomic mass is 9.71. The molecule has 2 rings (SSSR count). The summed E-state index contributed by atoms with van der Waals surface area (Å²) in [7, 11) is 1.64. The van der Waals surface area contributed by atoms with Gasteiger partial charge in [-0.2, -0.15) is 5.26 Å². The van der Waals surface area contributed by atoms with E-state index in [1.54, 1.807) is 7.11 Å². The first-order chi connectivity index (χ1) is 10.1.